The fourth-order valence-electron chi connectivity index (χ4n) is 2.65. The van der Waals surface area contributed by atoms with E-state index in [9.17, 15) is 19.2 Å². The smallest absolute Gasteiger partial charge is 0.261 e. The number of nitrogens with two attached hydrogens (primary N) is 1. The van der Waals surface area contributed by atoms with E-state index in [1.54, 1.807) is 48.5 Å². The molecule has 0 saturated carbocycles. The molecular weight excluding hydrogens is 322 g/mol. The number of imide groups is 1. The maximum absolute atomic E-state index is 12.4. The van der Waals surface area contributed by atoms with Gasteiger partial charge in [-0.1, -0.05) is 24.3 Å². The van der Waals surface area contributed by atoms with Gasteiger partial charge >= 0.3 is 0 Å². The number of nitrogens with one attached hydrogen (secondary N) is 1. The van der Waals surface area contributed by atoms with E-state index in [0.29, 0.717) is 22.3 Å². The summed E-state index contributed by atoms with van der Waals surface area (Å²) in [7, 11) is 0. The molecule has 1 aliphatic heterocycles. The molecule has 7 heteroatoms. The van der Waals surface area contributed by atoms with Crippen molar-refractivity contribution in [3.05, 3.63) is 70.8 Å². The van der Waals surface area contributed by atoms with Crippen LogP contribution in [0.5, 0.6) is 0 Å². The molecule has 4 amide bonds. The van der Waals surface area contributed by atoms with Crippen molar-refractivity contribution in [2.45, 2.75) is 6.54 Å². The minimum Gasteiger partial charge on any atom is -0.368 e. The summed E-state index contributed by atoms with van der Waals surface area (Å²) in [5.41, 5.74) is 6.69. The van der Waals surface area contributed by atoms with Gasteiger partial charge in [-0.3, -0.25) is 24.1 Å². The summed E-state index contributed by atoms with van der Waals surface area (Å²) in [6.45, 7) is -0.204. The highest BCUT2D eigenvalue weighted by atomic mass is 16.2. The van der Waals surface area contributed by atoms with Crippen molar-refractivity contribution in [3.8, 4) is 0 Å². The predicted octanol–water partition coefficient (Wildman–Crippen LogP) is 0.698. The number of primary amides is 1. The van der Waals surface area contributed by atoms with Gasteiger partial charge in [0.05, 0.1) is 24.2 Å². The third-order valence-electron chi connectivity index (χ3n) is 3.83. The highest BCUT2D eigenvalue weighted by Gasteiger charge is 2.34. The molecule has 1 aliphatic rings. The Bertz CT molecular complexity index is 856. The number of hydrogen-bond acceptors (Lipinski definition) is 4. The standard InChI is InChI=1S/C18H15N3O4/c19-15(22)9-20-16(23)12-5-3-4-11(8-12)10-21-17(24)13-6-1-2-7-14(13)18(21)25/h1-8H,9-10H2,(H2,19,22)(H,20,23). The maximum Gasteiger partial charge on any atom is 0.261 e. The first-order valence-electron chi connectivity index (χ1n) is 7.58. The lowest BCUT2D eigenvalue weighted by atomic mass is 10.1. The summed E-state index contributed by atoms with van der Waals surface area (Å²) < 4.78 is 0. The van der Waals surface area contributed by atoms with Gasteiger partial charge in [-0.15, -0.1) is 0 Å². The highest BCUT2D eigenvalue weighted by Crippen LogP contribution is 2.24. The summed E-state index contributed by atoms with van der Waals surface area (Å²) >= 11 is 0. The van der Waals surface area contributed by atoms with Crippen molar-refractivity contribution in [1.82, 2.24) is 10.2 Å². The van der Waals surface area contributed by atoms with Gasteiger partial charge in [0.2, 0.25) is 5.91 Å². The highest BCUT2D eigenvalue weighted by molar-refractivity contribution is 6.21. The molecule has 3 N–H and O–H groups in total. The molecule has 0 radical (unpaired) electrons. The number of hydrogen-bond donors (Lipinski definition) is 2. The van der Waals surface area contributed by atoms with E-state index >= 15 is 0 Å². The third-order valence-corrected chi connectivity index (χ3v) is 3.83. The van der Waals surface area contributed by atoms with Gasteiger partial charge in [-0.25, -0.2) is 0 Å². The number of rotatable bonds is 5. The third kappa shape index (κ3) is 3.25. The Kier molecular flexibility index (Phi) is 4.30. The van der Waals surface area contributed by atoms with Crippen molar-refractivity contribution in [3.63, 3.8) is 0 Å². The normalized spacial score (nSPS) is 12.9. The zero-order chi connectivity index (χ0) is 18.0. The van der Waals surface area contributed by atoms with E-state index in [0.717, 1.165) is 4.90 Å². The van der Waals surface area contributed by atoms with Crippen molar-refractivity contribution in [2.24, 2.45) is 5.73 Å². The summed E-state index contributed by atoms with van der Waals surface area (Å²) in [6, 6.07) is 13.1. The zero-order valence-electron chi connectivity index (χ0n) is 13.2. The number of nitrogens with zero attached hydrogens (tertiary/aromatic N) is 1. The second-order valence-electron chi connectivity index (χ2n) is 5.59. The van der Waals surface area contributed by atoms with Gasteiger partial charge in [0, 0.05) is 5.56 Å². The first kappa shape index (κ1) is 16.4. The van der Waals surface area contributed by atoms with Crippen LogP contribution in [0.15, 0.2) is 48.5 Å². The first-order valence-corrected chi connectivity index (χ1v) is 7.58. The van der Waals surface area contributed by atoms with Gasteiger partial charge in [0.1, 0.15) is 0 Å². The van der Waals surface area contributed by atoms with E-state index in [1.165, 1.54) is 0 Å². The average molecular weight is 337 g/mol. The molecule has 2 aromatic rings. The number of fused-ring (bicyclic) bond motifs is 1. The molecule has 0 bridgehead atoms. The van der Waals surface area contributed by atoms with E-state index in [4.69, 9.17) is 5.73 Å². The van der Waals surface area contributed by atoms with Crippen molar-refractivity contribution < 1.29 is 19.2 Å². The first-order chi connectivity index (χ1) is 12.0. The molecule has 0 atom stereocenters. The quantitative estimate of drug-likeness (QED) is 0.783. The summed E-state index contributed by atoms with van der Waals surface area (Å²) in [4.78, 5) is 48.6. The molecule has 2 aromatic carbocycles. The van der Waals surface area contributed by atoms with Crippen molar-refractivity contribution in [1.29, 1.82) is 0 Å². The summed E-state index contributed by atoms with van der Waals surface area (Å²) in [5, 5.41) is 2.39. The average Bonchev–Trinajstić information content (AvgIpc) is 2.85. The monoisotopic (exact) mass is 337 g/mol. The van der Waals surface area contributed by atoms with Crippen molar-refractivity contribution >= 4 is 23.6 Å². The molecule has 0 spiro atoms. The van der Waals surface area contributed by atoms with Gasteiger partial charge in [-0.05, 0) is 29.8 Å². The van der Waals surface area contributed by atoms with Gasteiger partial charge in [-0.2, -0.15) is 0 Å². The van der Waals surface area contributed by atoms with Crippen LogP contribution in [0.3, 0.4) is 0 Å². The van der Waals surface area contributed by atoms with Gasteiger partial charge < -0.3 is 11.1 Å². The number of carbonyl (C=O) groups excluding carboxylic acids is 4. The van der Waals surface area contributed by atoms with Crippen LogP contribution in [-0.4, -0.2) is 35.1 Å². The largest absolute Gasteiger partial charge is 0.368 e. The van der Waals surface area contributed by atoms with E-state index in [-0.39, 0.29) is 24.9 Å². The predicted molar refractivity (Wildman–Crippen MR) is 88.6 cm³/mol. The molecular formula is C18H15N3O4. The molecule has 1 heterocycles. The minimum absolute atomic E-state index is 0.0588. The molecule has 7 nitrogen and oxygen atoms in total. The molecule has 0 saturated heterocycles. The minimum atomic E-state index is -0.643. The van der Waals surface area contributed by atoms with Crippen LogP contribution < -0.4 is 11.1 Å². The molecule has 0 fully saturated rings. The molecule has 0 aromatic heterocycles. The van der Waals surface area contributed by atoms with Crippen LogP contribution >= 0.6 is 0 Å². The van der Waals surface area contributed by atoms with Crippen molar-refractivity contribution in [2.75, 3.05) is 6.54 Å². The number of carbonyl (C=O) groups is 4. The Hall–Kier alpha value is -3.48. The molecule has 3 rings (SSSR count). The van der Waals surface area contributed by atoms with Crippen LogP contribution in [0.25, 0.3) is 0 Å². The van der Waals surface area contributed by atoms with Gasteiger partial charge in [0.15, 0.2) is 0 Å². The maximum atomic E-state index is 12.4. The Balaban J connectivity index is 1.77. The fourth-order valence-corrected chi connectivity index (χ4v) is 2.65. The number of amides is 4. The Morgan fingerprint density at radius 3 is 2.20 bits per heavy atom. The topological polar surface area (TPSA) is 110 Å². The van der Waals surface area contributed by atoms with E-state index < -0.39 is 11.8 Å². The van der Waals surface area contributed by atoms with Crippen LogP contribution in [0, 0.1) is 0 Å². The zero-order valence-corrected chi connectivity index (χ0v) is 13.2. The Labute approximate surface area is 143 Å². The Morgan fingerprint density at radius 2 is 1.60 bits per heavy atom. The lowest BCUT2D eigenvalue weighted by Gasteiger charge is -2.14. The molecule has 126 valence electrons. The summed E-state index contributed by atoms with van der Waals surface area (Å²) in [5.74, 6) is -1.81. The van der Waals surface area contributed by atoms with Crippen LogP contribution in [0.1, 0.15) is 36.6 Å². The summed E-state index contributed by atoms with van der Waals surface area (Å²) in [6.07, 6.45) is 0. The SMILES string of the molecule is NC(=O)CNC(=O)c1cccc(CN2C(=O)c3ccccc3C2=O)c1. The van der Waals surface area contributed by atoms with E-state index in [1.807, 2.05) is 0 Å². The second kappa shape index (κ2) is 6.56. The van der Waals surface area contributed by atoms with Crippen LogP contribution in [-0.2, 0) is 11.3 Å². The molecule has 25 heavy (non-hydrogen) atoms. The molecule has 0 aliphatic carbocycles. The van der Waals surface area contributed by atoms with Crippen LogP contribution in [0.2, 0.25) is 0 Å². The number of benzene rings is 2. The fraction of sp³-hybridized carbons (Fsp3) is 0.111. The van der Waals surface area contributed by atoms with E-state index in [2.05, 4.69) is 5.32 Å². The van der Waals surface area contributed by atoms with Crippen LogP contribution in [0.4, 0.5) is 0 Å². The molecule has 0 unspecified atom stereocenters. The van der Waals surface area contributed by atoms with Gasteiger partial charge in [0.25, 0.3) is 17.7 Å². The lowest BCUT2D eigenvalue weighted by molar-refractivity contribution is -0.117. The Morgan fingerprint density at radius 1 is 0.960 bits per heavy atom. The second-order valence-corrected chi connectivity index (χ2v) is 5.59. The lowest BCUT2D eigenvalue weighted by Crippen LogP contribution is -2.33.